The molecule has 0 unspecified atom stereocenters. The zero-order chi connectivity index (χ0) is 16.8. The summed E-state index contributed by atoms with van der Waals surface area (Å²) in [4.78, 5) is 0. The first kappa shape index (κ1) is 17.5. The average molecular weight is 330 g/mol. The van der Waals surface area contributed by atoms with E-state index in [0.29, 0.717) is 5.92 Å². The van der Waals surface area contributed by atoms with Gasteiger partial charge in [-0.1, -0.05) is 18.2 Å². The van der Waals surface area contributed by atoms with E-state index in [1.54, 1.807) is 0 Å². The van der Waals surface area contributed by atoms with Crippen LogP contribution in [0.2, 0.25) is 0 Å². The molecular weight excluding hydrogens is 299 g/mol. The Labute approximate surface area is 146 Å². The molecule has 2 aliphatic rings. The first-order valence-electron chi connectivity index (χ1n) is 9.71. The van der Waals surface area contributed by atoms with E-state index >= 15 is 0 Å². The molecule has 0 saturated heterocycles. The molecule has 3 rings (SSSR count). The molecule has 0 atom stereocenters. The van der Waals surface area contributed by atoms with Gasteiger partial charge in [0, 0.05) is 0 Å². The second-order valence-corrected chi connectivity index (χ2v) is 7.63. The minimum Gasteiger partial charge on any atom is -0.491 e. The molecule has 0 N–H and O–H groups in total. The summed E-state index contributed by atoms with van der Waals surface area (Å²) in [6, 6.07) is 8.34. The number of benzene rings is 1. The van der Waals surface area contributed by atoms with Crippen molar-refractivity contribution in [3.8, 4) is 5.75 Å². The fourth-order valence-corrected chi connectivity index (χ4v) is 4.77. The van der Waals surface area contributed by atoms with Crippen molar-refractivity contribution in [2.45, 2.75) is 57.3 Å². The number of rotatable bonds is 6. The van der Waals surface area contributed by atoms with Crippen molar-refractivity contribution in [1.82, 2.24) is 0 Å². The zero-order valence-electron chi connectivity index (χ0n) is 14.8. The molecule has 1 nitrogen and oxygen atoms in total. The van der Waals surface area contributed by atoms with Crippen LogP contribution in [0.3, 0.4) is 0 Å². The Morgan fingerprint density at radius 1 is 0.917 bits per heavy atom. The quantitative estimate of drug-likeness (QED) is 0.556. The van der Waals surface area contributed by atoms with Gasteiger partial charge in [-0.2, -0.15) is 0 Å². The van der Waals surface area contributed by atoms with Crippen molar-refractivity contribution >= 4 is 0 Å². The lowest BCUT2D eigenvalue weighted by molar-refractivity contribution is 0.171. The largest absolute Gasteiger partial charge is 0.491 e. The van der Waals surface area contributed by atoms with E-state index in [9.17, 15) is 4.39 Å². The molecule has 1 aromatic rings. The van der Waals surface area contributed by atoms with E-state index in [1.165, 1.54) is 56.9 Å². The highest BCUT2D eigenvalue weighted by Gasteiger charge is 2.30. The van der Waals surface area contributed by atoms with Crippen LogP contribution >= 0.6 is 0 Å². The highest BCUT2D eigenvalue weighted by molar-refractivity contribution is 5.29. The van der Waals surface area contributed by atoms with Crippen molar-refractivity contribution in [2.24, 2.45) is 17.8 Å². The molecule has 2 fully saturated rings. The fourth-order valence-electron chi connectivity index (χ4n) is 4.77. The molecule has 2 aliphatic carbocycles. The average Bonchev–Trinajstić information content (AvgIpc) is 2.67. The lowest BCUT2D eigenvalue weighted by Crippen LogP contribution is -2.25. The predicted molar refractivity (Wildman–Crippen MR) is 98.3 cm³/mol. The summed E-state index contributed by atoms with van der Waals surface area (Å²) in [6.45, 7) is 3.68. The maximum atomic E-state index is 12.2. The molecule has 2 saturated carbocycles. The molecule has 24 heavy (non-hydrogen) atoms. The van der Waals surface area contributed by atoms with Crippen LogP contribution in [-0.2, 0) is 0 Å². The van der Waals surface area contributed by atoms with Crippen LogP contribution in [0.15, 0.2) is 36.9 Å². The van der Waals surface area contributed by atoms with Crippen molar-refractivity contribution in [2.75, 3.05) is 13.3 Å². The summed E-state index contributed by atoms with van der Waals surface area (Å²) < 4.78 is 17.5. The molecule has 0 amide bonds. The molecule has 0 spiro atoms. The first-order valence-corrected chi connectivity index (χ1v) is 9.71. The van der Waals surface area contributed by atoms with Crippen molar-refractivity contribution < 1.29 is 9.13 Å². The second kappa shape index (κ2) is 8.69. The van der Waals surface area contributed by atoms with Gasteiger partial charge in [0.25, 0.3) is 0 Å². The van der Waals surface area contributed by atoms with E-state index < -0.39 is 6.67 Å². The van der Waals surface area contributed by atoms with E-state index in [4.69, 9.17) is 4.74 Å². The Bertz CT molecular complexity index is 493. The molecule has 1 aromatic carbocycles. The van der Waals surface area contributed by atoms with Crippen LogP contribution in [0, 0.1) is 17.8 Å². The van der Waals surface area contributed by atoms with Gasteiger partial charge in [-0.25, -0.2) is 4.39 Å². The number of ether oxygens (including phenoxy) is 1. The standard InChI is InChI=1S/C22H31FO/c1-2-17-3-5-18(6-4-17)19-7-9-20(10-8-19)21-11-13-22(14-12-21)24-16-15-23/h2,11-14,17-20H,1,3-10,15-16H2. The van der Waals surface area contributed by atoms with Crippen LogP contribution in [0.25, 0.3) is 0 Å². The monoisotopic (exact) mass is 330 g/mol. The van der Waals surface area contributed by atoms with Gasteiger partial charge in [0.05, 0.1) is 0 Å². The third-order valence-corrected chi connectivity index (χ3v) is 6.29. The van der Waals surface area contributed by atoms with E-state index in [2.05, 4.69) is 24.8 Å². The second-order valence-electron chi connectivity index (χ2n) is 7.63. The number of hydrogen-bond donors (Lipinski definition) is 0. The number of alkyl halides is 1. The minimum absolute atomic E-state index is 0.151. The van der Waals surface area contributed by atoms with Crippen molar-refractivity contribution in [1.29, 1.82) is 0 Å². The molecule has 0 bridgehead atoms. The van der Waals surface area contributed by atoms with E-state index in [0.717, 1.165) is 23.5 Å². The van der Waals surface area contributed by atoms with E-state index in [-0.39, 0.29) is 6.61 Å². The maximum absolute atomic E-state index is 12.2. The van der Waals surface area contributed by atoms with Gasteiger partial charge in [0.15, 0.2) is 0 Å². The third kappa shape index (κ3) is 4.40. The van der Waals surface area contributed by atoms with Crippen LogP contribution in [0.5, 0.6) is 5.75 Å². The van der Waals surface area contributed by atoms with Crippen LogP contribution in [0.1, 0.15) is 62.8 Å². The van der Waals surface area contributed by atoms with Crippen molar-refractivity contribution in [3.05, 3.63) is 42.5 Å². The highest BCUT2D eigenvalue weighted by atomic mass is 19.1. The summed E-state index contributed by atoms with van der Waals surface area (Å²) in [5, 5.41) is 0. The lowest BCUT2D eigenvalue weighted by atomic mass is 9.68. The SMILES string of the molecule is C=CC1CCC(C2CCC(c3ccc(OCCF)cc3)CC2)CC1. The molecule has 132 valence electrons. The van der Waals surface area contributed by atoms with Gasteiger partial charge in [0.1, 0.15) is 19.0 Å². The Morgan fingerprint density at radius 3 is 2.04 bits per heavy atom. The third-order valence-electron chi connectivity index (χ3n) is 6.29. The lowest BCUT2D eigenvalue weighted by Gasteiger charge is -2.37. The molecule has 0 aromatic heterocycles. The van der Waals surface area contributed by atoms with Crippen LogP contribution < -0.4 is 4.74 Å². The number of halogens is 1. The van der Waals surface area contributed by atoms with E-state index in [1.807, 2.05) is 12.1 Å². The van der Waals surface area contributed by atoms with Gasteiger partial charge in [0.2, 0.25) is 0 Å². The molecule has 0 radical (unpaired) electrons. The smallest absolute Gasteiger partial charge is 0.123 e. The number of hydrogen-bond acceptors (Lipinski definition) is 1. The van der Waals surface area contributed by atoms with Gasteiger partial charge in [-0.05, 0) is 92.7 Å². The summed E-state index contributed by atoms with van der Waals surface area (Å²) in [5.74, 6) is 4.15. The fraction of sp³-hybridized carbons (Fsp3) is 0.636. The highest BCUT2D eigenvalue weighted by Crippen LogP contribution is 2.44. The van der Waals surface area contributed by atoms with Gasteiger partial charge < -0.3 is 4.74 Å². The molecular formula is C22H31FO. The topological polar surface area (TPSA) is 9.23 Å². The predicted octanol–water partition coefficient (Wildman–Crippen LogP) is 6.30. The zero-order valence-corrected chi connectivity index (χ0v) is 14.8. The Kier molecular flexibility index (Phi) is 6.34. The van der Waals surface area contributed by atoms with Crippen LogP contribution in [-0.4, -0.2) is 13.3 Å². The normalized spacial score (nSPS) is 30.7. The van der Waals surface area contributed by atoms with Gasteiger partial charge >= 0.3 is 0 Å². The maximum Gasteiger partial charge on any atom is 0.123 e. The molecule has 0 aliphatic heterocycles. The van der Waals surface area contributed by atoms with Gasteiger partial charge in [-0.15, -0.1) is 6.58 Å². The summed E-state index contributed by atoms with van der Waals surface area (Å²) in [6.07, 6.45) is 13.1. The minimum atomic E-state index is -0.430. The Morgan fingerprint density at radius 2 is 1.50 bits per heavy atom. The molecule has 0 heterocycles. The number of allylic oxidation sites excluding steroid dienone is 1. The van der Waals surface area contributed by atoms with Crippen LogP contribution in [0.4, 0.5) is 4.39 Å². The summed E-state index contributed by atoms with van der Waals surface area (Å²) >= 11 is 0. The summed E-state index contributed by atoms with van der Waals surface area (Å²) in [5.41, 5.74) is 1.43. The Hall–Kier alpha value is -1.31. The summed E-state index contributed by atoms with van der Waals surface area (Å²) in [7, 11) is 0. The Balaban J connectivity index is 1.47. The van der Waals surface area contributed by atoms with Crippen molar-refractivity contribution in [3.63, 3.8) is 0 Å². The first-order chi connectivity index (χ1) is 11.8. The molecule has 2 heteroatoms. The van der Waals surface area contributed by atoms with Gasteiger partial charge in [-0.3, -0.25) is 0 Å².